The molecule has 15 heteroatoms. The summed E-state index contributed by atoms with van der Waals surface area (Å²) in [4.78, 5) is 23.6. The zero-order valence-electron chi connectivity index (χ0n) is 23.2. The summed E-state index contributed by atoms with van der Waals surface area (Å²) in [6.45, 7) is 4.56. The lowest BCUT2D eigenvalue weighted by molar-refractivity contribution is -0.189. The number of ether oxygens (including phenoxy) is 10. The minimum absolute atomic E-state index is 0.0599. The van der Waals surface area contributed by atoms with Gasteiger partial charge in [0.1, 0.15) is 43.9 Å². The number of carbonyl (C=O) groups is 2. The smallest absolute Gasteiger partial charge is 0.431 e. The Bertz CT molecular complexity index is 963. The molecule has 3 heterocycles. The number of rotatable bonds is 10. The van der Waals surface area contributed by atoms with Crippen LogP contribution >= 0.6 is 0 Å². The molecule has 3 aliphatic heterocycles. The van der Waals surface area contributed by atoms with Gasteiger partial charge < -0.3 is 62.7 Å². The quantitative estimate of drug-likeness (QED) is 0.255. The van der Waals surface area contributed by atoms with E-state index in [9.17, 15) is 9.59 Å². The first-order valence-corrected chi connectivity index (χ1v) is 13.0. The van der Waals surface area contributed by atoms with Gasteiger partial charge in [0, 0.05) is 0 Å². The molecule has 3 fully saturated rings. The van der Waals surface area contributed by atoms with E-state index in [1.165, 1.54) is 0 Å². The molecule has 3 saturated heterocycles. The van der Waals surface area contributed by atoms with Crippen molar-refractivity contribution in [1.29, 1.82) is 0 Å². The van der Waals surface area contributed by atoms with Crippen LogP contribution < -0.4 is 4.74 Å². The lowest BCUT2D eigenvalue weighted by Crippen LogP contribution is -2.36. The van der Waals surface area contributed by atoms with Crippen LogP contribution in [0.25, 0.3) is 0 Å². The Balaban J connectivity index is 0.000000389. The summed E-state index contributed by atoms with van der Waals surface area (Å²) in [5.41, 5.74) is 0. The SMILES string of the molecule is CC1(CO)OCC(CO)O1.C[C@]1(COC(=O)Oc2ccccc2)OCC(COC(=O)OC[C@]2(C)OCC(CO)O2)O1. The molecule has 0 spiro atoms. The molecule has 41 heavy (non-hydrogen) atoms. The van der Waals surface area contributed by atoms with Crippen LogP contribution in [0.4, 0.5) is 9.59 Å². The summed E-state index contributed by atoms with van der Waals surface area (Å²) in [7, 11) is 0. The van der Waals surface area contributed by atoms with E-state index in [-0.39, 0.29) is 59.0 Å². The summed E-state index contributed by atoms with van der Waals surface area (Å²) in [6.07, 6.45) is -3.13. The van der Waals surface area contributed by atoms with Crippen molar-refractivity contribution in [3.63, 3.8) is 0 Å². The van der Waals surface area contributed by atoms with E-state index in [4.69, 9.17) is 62.7 Å². The third kappa shape index (κ3) is 10.6. The van der Waals surface area contributed by atoms with Crippen molar-refractivity contribution in [1.82, 2.24) is 0 Å². The molecule has 232 valence electrons. The van der Waals surface area contributed by atoms with Crippen LogP contribution in [0.1, 0.15) is 20.8 Å². The first-order chi connectivity index (χ1) is 19.5. The topological polar surface area (TPSA) is 187 Å². The molecule has 6 atom stereocenters. The highest BCUT2D eigenvalue weighted by molar-refractivity contribution is 5.63. The molecule has 0 amide bonds. The summed E-state index contributed by atoms with van der Waals surface area (Å²) >= 11 is 0. The van der Waals surface area contributed by atoms with Gasteiger partial charge in [0.15, 0.2) is 5.79 Å². The summed E-state index contributed by atoms with van der Waals surface area (Å²) < 4.78 is 52.3. The fraction of sp³-hybridized carbons (Fsp3) is 0.692. The normalized spacial score (nSPS) is 32.6. The van der Waals surface area contributed by atoms with Crippen molar-refractivity contribution >= 4 is 12.3 Å². The van der Waals surface area contributed by atoms with Crippen molar-refractivity contribution < 1.29 is 72.3 Å². The van der Waals surface area contributed by atoms with Crippen molar-refractivity contribution in [3.8, 4) is 5.75 Å². The van der Waals surface area contributed by atoms with Gasteiger partial charge in [0.05, 0.1) is 39.6 Å². The standard InChI is InChI=1S/C20H26O11.C6H12O4/c1-19(27-10-15(8-21)30-19)12-25-17(22)24-9-16-11-28-20(2,31-16)13-26-18(23)29-14-6-4-3-5-7-14;1-6(4-8)9-3-5(2-7)10-6/h3-7,15-16,21H,8-13H2,1-2H3;5,7-8H,2-4H2,1H3/t15?,16?,19-,20+;/m1./s1. The third-order valence-electron chi connectivity index (χ3n) is 5.90. The average molecular weight is 591 g/mol. The molecular formula is C26H38O15. The summed E-state index contributed by atoms with van der Waals surface area (Å²) in [6, 6.07) is 8.48. The molecule has 3 aliphatic rings. The number of aliphatic hydroxyl groups is 3. The molecule has 0 aliphatic carbocycles. The number of carbonyl (C=O) groups excluding carboxylic acids is 2. The van der Waals surface area contributed by atoms with Gasteiger partial charge in [-0.3, -0.25) is 0 Å². The van der Waals surface area contributed by atoms with Gasteiger partial charge >= 0.3 is 12.3 Å². The predicted octanol–water partition coefficient (Wildman–Crippen LogP) is 0.713. The van der Waals surface area contributed by atoms with E-state index in [1.807, 2.05) is 0 Å². The van der Waals surface area contributed by atoms with Crippen molar-refractivity contribution in [3.05, 3.63) is 30.3 Å². The molecule has 1 aromatic rings. The number of hydrogen-bond acceptors (Lipinski definition) is 15. The summed E-state index contributed by atoms with van der Waals surface area (Å²) in [5.74, 6) is -2.88. The van der Waals surface area contributed by atoms with Crippen LogP contribution in [0.5, 0.6) is 5.75 Å². The van der Waals surface area contributed by atoms with Gasteiger partial charge in [-0.15, -0.1) is 0 Å². The number of aliphatic hydroxyl groups excluding tert-OH is 3. The van der Waals surface area contributed by atoms with Crippen LogP contribution in [-0.2, 0) is 42.6 Å². The largest absolute Gasteiger partial charge is 0.514 e. The lowest BCUT2D eigenvalue weighted by atomic mass is 10.3. The Hall–Kier alpha value is -2.60. The lowest BCUT2D eigenvalue weighted by Gasteiger charge is -2.23. The highest BCUT2D eigenvalue weighted by atomic mass is 16.8. The second-order valence-electron chi connectivity index (χ2n) is 9.88. The van der Waals surface area contributed by atoms with Crippen LogP contribution in [0.15, 0.2) is 30.3 Å². The molecule has 1 aromatic carbocycles. The zero-order valence-corrected chi connectivity index (χ0v) is 23.2. The van der Waals surface area contributed by atoms with E-state index in [1.54, 1.807) is 51.1 Å². The fourth-order valence-electron chi connectivity index (χ4n) is 3.76. The first kappa shape index (κ1) is 32.9. The highest BCUT2D eigenvalue weighted by Crippen LogP contribution is 2.26. The van der Waals surface area contributed by atoms with Crippen LogP contribution in [0.2, 0.25) is 0 Å². The maximum atomic E-state index is 11.8. The van der Waals surface area contributed by atoms with E-state index < -0.39 is 41.9 Å². The average Bonchev–Trinajstić information content (AvgIpc) is 3.67. The van der Waals surface area contributed by atoms with Crippen LogP contribution in [-0.4, -0.2) is 123 Å². The number of hydrogen-bond donors (Lipinski definition) is 3. The predicted molar refractivity (Wildman–Crippen MR) is 135 cm³/mol. The van der Waals surface area contributed by atoms with Gasteiger partial charge in [-0.2, -0.15) is 0 Å². The first-order valence-electron chi connectivity index (χ1n) is 13.0. The number of benzene rings is 1. The molecule has 4 unspecified atom stereocenters. The molecule has 4 rings (SSSR count). The van der Waals surface area contributed by atoms with Gasteiger partial charge in [-0.1, -0.05) is 18.2 Å². The Labute approximate surface area is 237 Å². The van der Waals surface area contributed by atoms with Gasteiger partial charge in [0.25, 0.3) is 0 Å². The monoisotopic (exact) mass is 590 g/mol. The molecular weight excluding hydrogens is 552 g/mol. The van der Waals surface area contributed by atoms with E-state index >= 15 is 0 Å². The van der Waals surface area contributed by atoms with Crippen LogP contribution in [0.3, 0.4) is 0 Å². The number of para-hydroxylation sites is 1. The molecule has 0 saturated carbocycles. The highest BCUT2D eigenvalue weighted by Gasteiger charge is 2.41. The van der Waals surface area contributed by atoms with Gasteiger partial charge in [-0.05, 0) is 32.9 Å². The molecule has 0 aromatic heterocycles. The Morgan fingerprint density at radius 3 is 1.73 bits per heavy atom. The van der Waals surface area contributed by atoms with E-state index in [2.05, 4.69) is 0 Å². The van der Waals surface area contributed by atoms with Crippen molar-refractivity contribution in [2.45, 2.75) is 56.4 Å². The van der Waals surface area contributed by atoms with Gasteiger partial charge in [-0.25, -0.2) is 9.59 Å². The maximum Gasteiger partial charge on any atom is 0.514 e. The fourth-order valence-corrected chi connectivity index (χ4v) is 3.76. The van der Waals surface area contributed by atoms with Crippen molar-refractivity contribution in [2.75, 3.05) is 59.5 Å². The summed E-state index contributed by atoms with van der Waals surface area (Å²) in [5, 5.41) is 26.4. The molecule has 3 N–H and O–H groups in total. The molecule has 15 nitrogen and oxygen atoms in total. The van der Waals surface area contributed by atoms with Crippen LogP contribution in [0, 0.1) is 0 Å². The third-order valence-corrected chi connectivity index (χ3v) is 5.90. The van der Waals surface area contributed by atoms with Crippen molar-refractivity contribution in [2.24, 2.45) is 0 Å². The van der Waals surface area contributed by atoms with E-state index in [0.29, 0.717) is 12.4 Å². The second-order valence-corrected chi connectivity index (χ2v) is 9.88. The Morgan fingerprint density at radius 2 is 1.22 bits per heavy atom. The Morgan fingerprint density at radius 1 is 0.732 bits per heavy atom. The maximum absolute atomic E-state index is 11.8. The second kappa shape index (κ2) is 15.0. The molecule has 0 bridgehead atoms. The minimum Gasteiger partial charge on any atom is -0.431 e. The van der Waals surface area contributed by atoms with Gasteiger partial charge in [0.2, 0.25) is 11.6 Å². The Kier molecular flexibility index (Phi) is 12.1. The molecule has 0 radical (unpaired) electrons. The minimum atomic E-state index is -1.20. The zero-order chi connectivity index (χ0) is 29.9. The van der Waals surface area contributed by atoms with E-state index in [0.717, 1.165) is 0 Å².